The molecule has 2 rings (SSSR count). The number of nitrogens with zero attached hydrogens (tertiary/aromatic N) is 1. The number of carbonyl (C=O) groups excluding carboxylic acids is 1. The van der Waals surface area contributed by atoms with Crippen LogP contribution < -0.4 is 10.5 Å². The smallest absolute Gasteiger partial charge is 0.262 e. The molecule has 0 fully saturated rings. The first-order chi connectivity index (χ1) is 9.79. The second kappa shape index (κ2) is 5.66. The summed E-state index contributed by atoms with van der Waals surface area (Å²) in [4.78, 5) is 14.7. The van der Waals surface area contributed by atoms with Gasteiger partial charge in [0.05, 0.1) is 6.20 Å². The summed E-state index contributed by atoms with van der Waals surface area (Å²) in [6.45, 7) is 0. The molecule has 21 heavy (non-hydrogen) atoms. The SMILES string of the molecule is NC(=O)c1c(F)cccc1Oc1ccc(S(=O)(=O)Cl)cn1. The van der Waals surface area contributed by atoms with Gasteiger partial charge in [-0.3, -0.25) is 4.79 Å². The Morgan fingerprint density at radius 2 is 2.00 bits per heavy atom. The van der Waals surface area contributed by atoms with Gasteiger partial charge < -0.3 is 10.5 Å². The van der Waals surface area contributed by atoms with Gasteiger partial charge in [-0.25, -0.2) is 17.8 Å². The van der Waals surface area contributed by atoms with Crippen LogP contribution in [0.5, 0.6) is 11.6 Å². The van der Waals surface area contributed by atoms with Crippen molar-refractivity contribution in [3.8, 4) is 11.6 Å². The predicted molar refractivity (Wildman–Crippen MR) is 72.3 cm³/mol. The Bertz CT molecular complexity index is 793. The van der Waals surface area contributed by atoms with Crippen molar-refractivity contribution in [3.63, 3.8) is 0 Å². The Balaban J connectivity index is 2.35. The third kappa shape index (κ3) is 3.47. The van der Waals surface area contributed by atoms with E-state index in [9.17, 15) is 17.6 Å². The molecule has 0 unspecified atom stereocenters. The topological polar surface area (TPSA) is 99.4 Å². The number of amides is 1. The van der Waals surface area contributed by atoms with Gasteiger partial charge in [-0.15, -0.1) is 0 Å². The molecule has 0 bridgehead atoms. The lowest BCUT2D eigenvalue weighted by molar-refractivity contribution is 0.0994. The number of hydrogen-bond donors (Lipinski definition) is 1. The van der Waals surface area contributed by atoms with Crippen LogP contribution in [0.1, 0.15) is 10.4 Å². The minimum absolute atomic E-state index is 0.0489. The van der Waals surface area contributed by atoms with Crippen molar-refractivity contribution < 1.29 is 22.3 Å². The molecule has 110 valence electrons. The lowest BCUT2D eigenvalue weighted by atomic mass is 10.2. The second-order valence-electron chi connectivity index (χ2n) is 3.85. The van der Waals surface area contributed by atoms with Crippen molar-refractivity contribution in [1.29, 1.82) is 0 Å². The molecule has 1 aromatic heterocycles. The highest BCUT2D eigenvalue weighted by molar-refractivity contribution is 8.13. The van der Waals surface area contributed by atoms with E-state index in [0.717, 1.165) is 18.3 Å². The first-order valence-electron chi connectivity index (χ1n) is 5.46. The summed E-state index contributed by atoms with van der Waals surface area (Å²) in [6.07, 6.45) is 0.973. The molecule has 6 nitrogen and oxygen atoms in total. The zero-order valence-electron chi connectivity index (χ0n) is 10.3. The van der Waals surface area contributed by atoms with Crippen LogP contribution in [0.25, 0.3) is 0 Å². The number of aromatic nitrogens is 1. The Labute approximate surface area is 123 Å². The summed E-state index contributed by atoms with van der Waals surface area (Å²) in [6, 6.07) is 6.09. The van der Waals surface area contributed by atoms with Gasteiger partial charge in [0.25, 0.3) is 15.0 Å². The summed E-state index contributed by atoms with van der Waals surface area (Å²) in [5.41, 5.74) is 4.65. The number of pyridine rings is 1. The third-order valence-corrected chi connectivity index (χ3v) is 3.77. The second-order valence-corrected chi connectivity index (χ2v) is 6.42. The lowest BCUT2D eigenvalue weighted by Crippen LogP contribution is -2.14. The molecule has 2 N–H and O–H groups in total. The highest BCUT2D eigenvalue weighted by Gasteiger charge is 2.16. The number of primary amides is 1. The molecule has 1 amide bonds. The fourth-order valence-electron chi connectivity index (χ4n) is 1.51. The number of rotatable bonds is 4. The van der Waals surface area contributed by atoms with E-state index in [2.05, 4.69) is 4.98 Å². The molecule has 0 aliphatic rings. The maximum atomic E-state index is 13.5. The number of nitrogens with two attached hydrogens (primary N) is 1. The van der Waals surface area contributed by atoms with Gasteiger partial charge in [0.15, 0.2) is 0 Å². The van der Waals surface area contributed by atoms with Gasteiger partial charge >= 0.3 is 0 Å². The van der Waals surface area contributed by atoms with Gasteiger partial charge in [-0.05, 0) is 18.2 Å². The minimum atomic E-state index is -3.90. The van der Waals surface area contributed by atoms with E-state index in [1.54, 1.807) is 0 Å². The van der Waals surface area contributed by atoms with Crippen LogP contribution in [0.4, 0.5) is 4.39 Å². The molecule has 9 heteroatoms. The summed E-state index contributed by atoms with van der Waals surface area (Å²) in [7, 11) is 1.24. The van der Waals surface area contributed by atoms with Crippen LogP contribution in [-0.4, -0.2) is 19.3 Å². The van der Waals surface area contributed by atoms with E-state index in [4.69, 9.17) is 21.2 Å². The van der Waals surface area contributed by atoms with Gasteiger partial charge in [0.2, 0.25) is 5.88 Å². The predicted octanol–water partition coefficient (Wildman–Crippen LogP) is 2.04. The zero-order valence-corrected chi connectivity index (χ0v) is 11.9. The number of ether oxygens (including phenoxy) is 1. The van der Waals surface area contributed by atoms with Crippen molar-refractivity contribution >= 4 is 25.6 Å². The summed E-state index contributed by atoms with van der Waals surface area (Å²) in [5.74, 6) is -2.01. The van der Waals surface area contributed by atoms with Crippen LogP contribution in [0.15, 0.2) is 41.4 Å². The van der Waals surface area contributed by atoms with Crippen molar-refractivity contribution in [3.05, 3.63) is 47.9 Å². The summed E-state index contributed by atoms with van der Waals surface area (Å²) in [5, 5.41) is 0. The number of carbonyl (C=O) groups is 1. The average Bonchev–Trinajstić information content (AvgIpc) is 2.38. The molecule has 0 spiro atoms. The van der Waals surface area contributed by atoms with E-state index in [-0.39, 0.29) is 16.5 Å². The van der Waals surface area contributed by atoms with Gasteiger partial charge in [-0.2, -0.15) is 0 Å². The molecular weight excluding hydrogens is 323 g/mol. The van der Waals surface area contributed by atoms with Crippen molar-refractivity contribution in [2.75, 3.05) is 0 Å². The van der Waals surface area contributed by atoms with Crippen LogP contribution in [-0.2, 0) is 9.05 Å². The Kier molecular flexibility index (Phi) is 4.10. The number of halogens is 2. The summed E-state index contributed by atoms with van der Waals surface area (Å²) >= 11 is 0. The van der Waals surface area contributed by atoms with Crippen LogP contribution in [0.3, 0.4) is 0 Å². The molecule has 2 aromatic rings. The molecule has 0 atom stereocenters. The van der Waals surface area contributed by atoms with E-state index in [0.29, 0.717) is 0 Å². The number of benzene rings is 1. The molecule has 0 radical (unpaired) electrons. The first kappa shape index (κ1) is 15.2. The standard InChI is InChI=1S/C12H8ClFN2O4S/c13-21(18,19)7-4-5-10(16-6-7)20-9-3-1-2-8(14)11(9)12(15)17/h1-6H,(H2,15,17). The van der Waals surface area contributed by atoms with Gasteiger partial charge in [0, 0.05) is 16.7 Å². The number of hydrogen-bond acceptors (Lipinski definition) is 5. The molecule has 1 aromatic carbocycles. The monoisotopic (exact) mass is 330 g/mol. The van der Waals surface area contributed by atoms with E-state index < -0.39 is 26.3 Å². The fourth-order valence-corrected chi connectivity index (χ4v) is 2.20. The third-order valence-electron chi connectivity index (χ3n) is 2.43. The molecule has 0 saturated heterocycles. The Morgan fingerprint density at radius 1 is 1.29 bits per heavy atom. The van der Waals surface area contributed by atoms with Crippen LogP contribution in [0, 0.1) is 5.82 Å². The normalized spacial score (nSPS) is 11.1. The molecule has 1 heterocycles. The summed E-state index contributed by atoms with van der Waals surface area (Å²) < 4.78 is 40.9. The fraction of sp³-hybridized carbons (Fsp3) is 0. The van der Waals surface area contributed by atoms with Gasteiger partial charge in [0.1, 0.15) is 22.0 Å². The van der Waals surface area contributed by atoms with E-state index in [1.165, 1.54) is 18.2 Å². The molecule has 0 aliphatic carbocycles. The highest BCUT2D eigenvalue weighted by atomic mass is 35.7. The molecular formula is C12H8ClFN2O4S. The van der Waals surface area contributed by atoms with Gasteiger partial charge in [-0.1, -0.05) is 6.07 Å². The van der Waals surface area contributed by atoms with Crippen molar-refractivity contribution in [2.45, 2.75) is 4.90 Å². The minimum Gasteiger partial charge on any atom is -0.438 e. The van der Waals surface area contributed by atoms with Crippen molar-refractivity contribution in [2.24, 2.45) is 5.73 Å². The Hall–Kier alpha value is -2.19. The quantitative estimate of drug-likeness (QED) is 0.865. The average molecular weight is 331 g/mol. The van der Waals surface area contributed by atoms with Crippen LogP contribution >= 0.6 is 10.7 Å². The first-order valence-corrected chi connectivity index (χ1v) is 7.77. The molecule has 0 saturated carbocycles. The van der Waals surface area contributed by atoms with Crippen LogP contribution in [0.2, 0.25) is 0 Å². The zero-order chi connectivity index (χ0) is 15.6. The highest BCUT2D eigenvalue weighted by Crippen LogP contribution is 2.26. The van der Waals surface area contributed by atoms with Crippen molar-refractivity contribution in [1.82, 2.24) is 4.98 Å². The largest absolute Gasteiger partial charge is 0.438 e. The maximum absolute atomic E-state index is 13.5. The van der Waals surface area contributed by atoms with E-state index in [1.807, 2.05) is 0 Å². The Morgan fingerprint density at radius 3 is 2.52 bits per heavy atom. The molecule has 0 aliphatic heterocycles. The van der Waals surface area contributed by atoms with E-state index >= 15 is 0 Å². The lowest BCUT2D eigenvalue weighted by Gasteiger charge is -2.09. The maximum Gasteiger partial charge on any atom is 0.262 e.